The van der Waals surface area contributed by atoms with Crippen molar-refractivity contribution in [3.05, 3.63) is 95.1 Å². The van der Waals surface area contributed by atoms with E-state index in [4.69, 9.17) is 18.9 Å². The lowest BCUT2D eigenvalue weighted by atomic mass is 10.1. The molecule has 0 radical (unpaired) electrons. The number of allylic oxidation sites excluding steroid dienone is 1. The standard InChI is InChI=1S/C28H26O8/c1-32-26-16-19(6-14-24(29)21-10-12-23(13-11-21)35-18-27(30)33-2)7-15-25(26)36-17-20-4-8-22(9-5-20)28(31)34-3/h4-16H,17-18H2,1-3H3/b14-6+. The molecule has 0 aliphatic heterocycles. The Labute approximate surface area is 209 Å². The van der Waals surface area contributed by atoms with E-state index in [0.29, 0.717) is 28.4 Å². The molecule has 36 heavy (non-hydrogen) atoms. The van der Waals surface area contributed by atoms with Gasteiger partial charge in [0, 0.05) is 5.56 Å². The highest BCUT2D eigenvalue weighted by Gasteiger charge is 2.09. The molecule has 0 saturated carbocycles. The molecule has 0 N–H and O–H groups in total. The van der Waals surface area contributed by atoms with Crippen LogP contribution in [-0.4, -0.2) is 45.7 Å². The quantitative estimate of drug-likeness (QED) is 0.220. The average molecular weight is 491 g/mol. The van der Waals surface area contributed by atoms with Gasteiger partial charge in [-0.2, -0.15) is 0 Å². The Bertz CT molecular complexity index is 1230. The molecule has 0 fully saturated rings. The molecule has 0 aliphatic carbocycles. The SMILES string of the molecule is COC(=O)COc1ccc(C(=O)/C=C/c2ccc(OCc3ccc(C(=O)OC)cc3)c(OC)c2)cc1. The first-order valence-electron chi connectivity index (χ1n) is 10.9. The van der Waals surface area contributed by atoms with E-state index in [1.165, 1.54) is 27.4 Å². The maximum Gasteiger partial charge on any atom is 0.343 e. The van der Waals surface area contributed by atoms with Crippen molar-refractivity contribution in [2.75, 3.05) is 27.9 Å². The molecule has 0 atom stereocenters. The van der Waals surface area contributed by atoms with Crippen molar-refractivity contribution in [1.82, 2.24) is 0 Å². The van der Waals surface area contributed by atoms with E-state index in [1.54, 1.807) is 66.7 Å². The first-order chi connectivity index (χ1) is 17.4. The number of methoxy groups -OCH3 is 3. The highest BCUT2D eigenvalue weighted by molar-refractivity contribution is 6.06. The fraction of sp³-hybridized carbons (Fsp3) is 0.179. The summed E-state index contributed by atoms with van der Waals surface area (Å²) in [5.74, 6) is 0.445. The number of esters is 2. The van der Waals surface area contributed by atoms with E-state index in [2.05, 4.69) is 4.74 Å². The summed E-state index contributed by atoms with van der Waals surface area (Å²) >= 11 is 0. The van der Waals surface area contributed by atoms with Crippen LogP contribution in [0.1, 0.15) is 31.8 Å². The van der Waals surface area contributed by atoms with Gasteiger partial charge in [0.25, 0.3) is 0 Å². The fourth-order valence-electron chi connectivity index (χ4n) is 3.11. The van der Waals surface area contributed by atoms with Crippen molar-refractivity contribution in [1.29, 1.82) is 0 Å². The summed E-state index contributed by atoms with van der Waals surface area (Å²) in [6, 6.07) is 18.7. The lowest BCUT2D eigenvalue weighted by Crippen LogP contribution is -2.12. The summed E-state index contributed by atoms with van der Waals surface area (Å²) < 4.78 is 25.8. The number of ketones is 1. The highest BCUT2D eigenvalue weighted by atomic mass is 16.6. The van der Waals surface area contributed by atoms with Gasteiger partial charge in [0.1, 0.15) is 12.4 Å². The topological polar surface area (TPSA) is 97.4 Å². The predicted molar refractivity (Wildman–Crippen MR) is 132 cm³/mol. The minimum Gasteiger partial charge on any atom is -0.493 e. The second kappa shape index (κ2) is 12.8. The molecule has 0 saturated heterocycles. The van der Waals surface area contributed by atoms with Crippen molar-refractivity contribution in [3.8, 4) is 17.2 Å². The van der Waals surface area contributed by atoms with Crippen LogP contribution in [0, 0.1) is 0 Å². The average Bonchev–Trinajstić information content (AvgIpc) is 2.93. The highest BCUT2D eigenvalue weighted by Crippen LogP contribution is 2.29. The van der Waals surface area contributed by atoms with E-state index in [1.807, 2.05) is 6.07 Å². The number of carbonyl (C=O) groups is 3. The summed E-state index contributed by atoms with van der Waals surface area (Å²) in [5.41, 5.74) is 2.57. The lowest BCUT2D eigenvalue weighted by molar-refractivity contribution is -0.142. The van der Waals surface area contributed by atoms with Crippen molar-refractivity contribution < 1.29 is 38.1 Å². The molecule has 0 unspecified atom stereocenters. The molecule has 0 aromatic heterocycles. The Hall–Kier alpha value is -4.59. The van der Waals surface area contributed by atoms with Gasteiger partial charge in [0.15, 0.2) is 23.9 Å². The number of benzene rings is 3. The van der Waals surface area contributed by atoms with Crippen LogP contribution >= 0.6 is 0 Å². The molecular formula is C28H26O8. The summed E-state index contributed by atoms with van der Waals surface area (Å²) in [5, 5.41) is 0. The van der Waals surface area contributed by atoms with E-state index < -0.39 is 11.9 Å². The molecule has 3 aromatic carbocycles. The van der Waals surface area contributed by atoms with Crippen LogP contribution in [0.2, 0.25) is 0 Å². The smallest absolute Gasteiger partial charge is 0.343 e. The molecule has 8 heteroatoms. The van der Waals surface area contributed by atoms with Gasteiger partial charge in [0.05, 0.1) is 26.9 Å². The molecule has 0 spiro atoms. The Kier molecular flexibility index (Phi) is 9.22. The Morgan fingerprint density at radius 1 is 0.750 bits per heavy atom. The molecule has 0 bridgehead atoms. The van der Waals surface area contributed by atoms with Crippen molar-refractivity contribution in [2.45, 2.75) is 6.61 Å². The zero-order chi connectivity index (χ0) is 25.9. The van der Waals surface area contributed by atoms with Gasteiger partial charge in [-0.15, -0.1) is 0 Å². The molecule has 0 amide bonds. The minimum absolute atomic E-state index is 0.191. The zero-order valence-electron chi connectivity index (χ0n) is 20.2. The van der Waals surface area contributed by atoms with Gasteiger partial charge < -0.3 is 23.7 Å². The third-order valence-corrected chi connectivity index (χ3v) is 5.11. The number of carbonyl (C=O) groups excluding carboxylic acids is 3. The van der Waals surface area contributed by atoms with Crippen molar-refractivity contribution in [2.24, 2.45) is 0 Å². The molecule has 0 heterocycles. The van der Waals surface area contributed by atoms with E-state index in [-0.39, 0.29) is 19.0 Å². The van der Waals surface area contributed by atoms with Gasteiger partial charge in [-0.05, 0) is 65.7 Å². The summed E-state index contributed by atoms with van der Waals surface area (Å²) in [6.45, 7) is 0.0811. The van der Waals surface area contributed by atoms with Gasteiger partial charge >= 0.3 is 11.9 Å². The monoisotopic (exact) mass is 490 g/mol. The van der Waals surface area contributed by atoms with Crippen LogP contribution in [0.15, 0.2) is 72.8 Å². The number of ether oxygens (including phenoxy) is 5. The normalized spacial score (nSPS) is 10.5. The van der Waals surface area contributed by atoms with E-state index in [0.717, 1.165) is 11.1 Å². The van der Waals surface area contributed by atoms with Gasteiger partial charge in [0.2, 0.25) is 0 Å². The third kappa shape index (κ3) is 7.20. The van der Waals surface area contributed by atoms with Crippen molar-refractivity contribution >= 4 is 23.8 Å². The van der Waals surface area contributed by atoms with Crippen LogP contribution in [0.5, 0.6) is 17.2 Å². The van der Waals surface area contributed by atoms with E-state index >= 15 is 0 Å². The van der Waals surface area contributed by atoms with Gasteiger partial charge in [-0.3, -0.25) is 4.79 Å². The Morgan fingerprint density at radius 2 is 1.44 bits per heavy atom. The molecule has 3 rings (SSSR count). The van der Waals surface area contributed by atoms with Crippen LogP contribution in [0.3, 0.4) is 0 Å². The van der Waals surface area contributed by atoms with Gasteiger partial charge in [-0.25, -0.2) is 9.59 Å². The maximum absolute atomic E-state index is 12.5. The largest absolute Gasteiger partial charge is 0.493 e. The summed E-state index contributed by atoms with van der Waals surface area (Å²) in [6.07, 6.45) is 3.14. The summed E-state index contributed by atoms with van der Waals surface area (Å²) in [7, 11) is 4.16. The van der Waals surface area contributed by atoms with Crippen LogP contribution in [0.25, 0.3) is 6.08 Å². The van der Waals surface area contributed by atoms with Gasteiger partial charge in [-0.1, -0.05) is 24.3 Å². The zero-order valence-corrected chi connectivity index (χ0v) is 20.2. The molecule has 8 nitrogen and oxygen atoms in total. The van der Waals surface area contributed by atoms with Crippen molar-refractivity contribution in [3.63, 3.8) is 0 Å². The predicted octanol–water partition coefficient (Wildman–Crippen LogP) is 4.51. The second-order valence-corrected chi connectivity index (χ2v) is 7.47. The Morgan fingerprint density at radius 3 is 2.08 bits per heavy atom. The number of hydrogen-bond donors (Lipinski definition) is 0. The first-order valence-corrected chi connectivity index (χ1v) is 10.9. The third-order valence-electron chi connectivity index (χ3n) is 5.11. The van der Waals surface area contributed by atoms with Crippen LogP contribution < -0.4 is 14.2 Å². The molecule has 186 valence electrons. The summed E-state index contributed by atoms with van der Waals surface area (Å²) in [4.78, 5) is 35.2. The number of rotatable bonds is 11. The van der Waals surface area contributed by atoms with Crippen LogP contribution in [-0.2, 0) is 20.9 Å². The lowest BCUT2D eigenvalue weighted by Gasteiger charge is -2.11. The molecule has 3 aromatic rings. The fourth-order valence-corrected chi connectivity index (χ4v) is 3.11. The first kappa shape index (κ1) is 26.0. The number of hydrogen-bond acceptors (Lipinski definition) is 8. The maximum atomic E-state index is 12.5. The Balaban J connectivity index is 1.60. The van der Waals surface area contributed by atoms with E-state index in [9.17, 15) is 14.4 Å². The minimum atomic E-state index is -0.487. The second-order valence-electron chi connectivity index (χ2n) is 7.47. The molecule has 0 aliphatic rings. The van der Waals surface area contributed by atoms with Crippen LogP contribution in [0.4, 0.5) is 0 Å². The molecular weight excluding hydrogens is 464 g/mol.